The molecule has 0 amide bonds. The van der Waals surface area contributed by atoms with Gasteiger partial charge in [0.05, 0.1) is 0 Å². The standard InChI is InChI=1S/C12H18ClNS/c1-3-4-7-15-12-8-11(13)6-5-10(12)9-14-2/h5-6,8,14H,3-4,7,9H2,1-2H3. The molecule has 1 aromatic rings. The first-order valence-corrected chi connectivity index (χ1v) is 6.70. The van der Waals surface area contributed by atoms with Crippen LogP contribution in [-0.4, -0.2) is 12.8 Å². The van der Waals surface area contributed by atoms with Crippen LogP contribution in [0.25, 0.3) is 0 Å². The highest BCUT2D eigenvalue weighted by molar-refractivity contribution is 7.99. The van der Waals surface area contributed by atoms with Gasteiger partial charge in [-0.15, -0.1) is 11.8 Å². The third kappa shape index (κ3) is 4.45. The summed E-state index contributed by atoms with van der Waals surface area (Å²) < 4.78 is 0. The highest BCUT2D eigenvalue weighted by Gasteiger charge is 2.03. The third-order valence-electron chi connectivity index (χ3n) is 2.15. The highest BCUT2D eigenvalue weighted by atomic mass is 35.5. The third-order valence-corrected chi connectivity index (χ3v) is 3.57. The Balaban J connectivity index is 2.68. The summed E-state index contributed by atoms with van der Waals surface area (Å²) in [6.07, 6.45) is 2.51. The van der Waals surface area contributed by atoms with Crippen LogP contribution >= 0.6 is 23.4 Å². The van der Waals surface area contributed by atoms with Crippen molar-refractivity contribution in [1.82, 2.24) is 5.32 Å². The van der Waals surface area contributed by atoms with Crippen molar-refractivity contribution in [3.8, 4) is 0 Å². The topological polar surface area (TPSA) is 12.0 Å². The lowest BCUT2D eigenvalue weighted by Crippen LogP contribution is -2.06. The minimum atomic E-state index is 0.828. The second-order valence-electron chi connectivity index (χ2n) is 3.48. The number of thioether (sulfide) groups is 1. The van der Waals surface area contributed by atoms with Gasteiger partial charge in [-0.2, -0.15) is 0 Å². The van der Waals surface area contributed by atoms with Crippen LogP contribution < -0.4 is 5.32 Å². The van der Waals surface area contributed by atoms with Crippen molar-refractivity contribution in [1.29, 1.82) is 0 Å². The zero-order chi connectivity index (χ0) is 11.1. The van der Waals surface area contributed by atoms with Gasteiger partial charge in [-0.25, -0.2) is 0 Å². The van der Waals surface area contributed by atoms with E-state index in [-0.39, 0.29) is 0 Å². The molecular formula is C12H18ClNS. The van der Waals surface area contributed by atoms with E-state index in [0.717, 1.165) is 11.6 Å². The van der Waals surface area contributed by atoms with Crippen LogP contribution in [0.2, 0.25) is 5.02 Å². The van der Waals surface area contributed by atoms with Crippen LogP contribution in [0.1, 0.15) is 25.3 Å². The second-order valence-corrected chi connectivity index (χ2v) is 5.06. The second kappa shape index (κ2) is 7.15. The lowest BCUT2D eigenvalue weighted by molar-refractivity contribution is 0.803. The summed E-state index contributed by atoms with van der Waals surface area (Å²) >= 11 is 7.90. The molecule has 0 heterocycles. The fourth-order valence-corrected chi connectivity index (χ4v) is 2.75. The van der Waals surface area contributed by atoms with E-state index in [1.165, 1.54) is 29.1 Å². The van der Waals surface area contributed by atoms with E-state index in [2.05, 4.69) is 24.4 Å². The van der Waals surface area contributed by atoms with Crippen molar-refractivity contribution in [2.75, 3.05) is 12.8 Å². The first kappa shape index (κ1) is 12.9. The van der Waals surface area contributed by atoms with Gasteiger partial charge in [0.1, 0.15) is 0 Å². The largest absolute Gasteiger partial charge is 0.316 e. The molecule has 3 heteroatoms. The van der Waals surface area contributed by atoms with Crippen LogP contribution in [0.15, 0.2) is 23.1 Å². The first-order chi connectivity index (χ1) is 7.27. The number of rotatable bonds is 6. The molecule has 0 aromatic heterocycles. The Morgan fingerprint density at radius 3 is 2.87 bits per heavy atom. The Morgan fingerprint density at radius 2 is 2.20 bits per heavy atom. The average molecular weight is 244 g/mol. The monoisotopic (exact) mass is 243 g/mol. The molecule has 0 saturated carbocycles. The van der Waals surface area contributed by atoms with Gasteiger partial charge in [-0.05, 0) is 36.9 Å². The molecule has 0 radical (unpaired) electrons. The molecule has 0 bridgehead atoms. The van der Waals surface area contributed by atoms with E-state index in [4.69, 9.17) is 11.6 Å². The van der Waals surface area contributed by atoms with E-state index in [0.29, 0.717) is 0 Å². The molecule has 0 aliphatic heterocycles. The van der Waals surface area contributed by atoms with E-state index >= 15 is 0 Å². The van der Waals surface area contributed by atoms with Gasteiger partial charge in [0.15, 0.2) is 0 Å². The average Bonchev–Trinajstić information content (AvgIpc) is 2.22. The molecule has 0 saturated heterocycles. The van der Waals surface area contributed by atoms with Gasteiger partial charge in [0.2, 0.25) is 0 Å². The highest BCUT2D eigenvalue weighted by Crippen LogP contribution is 2.27. The molecule has 84 valence electrons. The van der Waals surface area contributed by atoms with Crippen LogP contribution in [0.4, 0.5) is 0 Å². The number of hydrogen-bond donors (Lipinski definition) is 1. The van der Waals surface area contributed by atoms with Gasteiger partial charge in [-0.1, -0.05) is 31.0 Å². The summed E-state index contributed by atoms with van der Waals surface area (Å²) in [5.74, 6) is 1.17. The molecule has 0 aliphatic rings. The molecule has 1 nitrogen and oxygen atoms in total. The predicted molar refractivity (Wildman–Crippen MR) is 69.8 cm³/mol. The summed E-state index contributed by atoms with van der Waals surface area (Å²) in [4.78, 5) is 1.31. The summed E-state index contributed by atoms with van der Waals surface area (Å²) in [7, 11) is 1.97. The normalized spacial score (nSPS) is 10.6. The van der Waals surface area contributed by atoms with E-state index in [9.17, 15) is 0 Å². The zero-order valence-electron chi connectivity index (χ0n) is 9.35. The number of halogens is 1. The number of hydrogen-bond acceptors (Lipinski definition) is 2. The quantitative estimate of drug-likeness (QED) is 0.600. The molecule has 0 unspecified atom stereocenters. The fourth-order valence-electron chi connectivity index (χ4n) is 1.33. The maximum Gasteiger partial charge on any atom is 0.0417 e. The van der Waals surface area contributed by atoms with E-state index in [1.54, 1.807) is 0 Å². The molecule has 0 atom stereocenters. The molecule has 1 aromatic carbocycles. The summed E-state index contributed by atoms with van der Waals surface area (Å²) in [6.45, 7) is 3.12. The van der Waals surface area contributed by atoms with E-state index in [1.807, 2.05) is 24.9 Å². The van der Waals surface area contributed by atoms with Gasteiger partial charge >= 0.3 is 0 Å². The minimum Gasteiger partial charge on any atom is -0.316 e. The van der Waals surface area contributed by atoms with Crippen molar-refractivity contribution in [3.63, 3.8) is 0 Å². The molecule has 0 fully saturated rings. The molecule has 0 aliphatic carbocycles. The fraction of sp³-hybridized carbons (Fsp3) is 0.500. The van der Waals surface area contributed by atoms with Crippen molar-refractivity contribution in [2.45, 2.75) is 31.2 Å². The summed E-state index contributed by atoms with van der Waals surface area (Å²) in [6, 6.07) is 6.12. The number of benzene rings is 1. The number of nitrogens with one attached hydrogen (secondary N) is 1. The number of unbranched alkanes of at least 4 members (excludes halogenated alkanes) is 1. The van der Waals surface area contributed by atoms with Crippen LogP contribution in [0.3, 0.4) is 0 Å². The van der Waals surface area contributed by atoms with Crippen molar-refractivity contribution >= 4 is 23.4 Å². The van der Waals surface area contributed by atoms with Crippen LogP contribution in [0, 0.1) is 0 Å². The maximum atomic E-state index is 6.00. The molecule has 1 rings (SSSR count). The van der Waals surface area contributed by atoms with Gasteiger partial charge < -0.3 is 5.32 Å². The first-order valence-electron chi connectivity index (χ1n) is 5.33. The Kier molecular flexibility index (Phi) is 6.15. The Morgan fingerprint density at radius 1 is 1.40 bits per heavy atom. The lowest BCUT2D eigenvalue weighted by Gasteiger charge is -2.09. The van der Waals surface area contributed by atoms with Crippen molar-refractivity contribution < 1.29 is 0 Å². The zero-order valence-corrected chi connectivity index (χ0v) is 10.9. The van der Waals surface area contributed by atoms with Crippen LogP contribution in [-0.2, 0) is 6.54 Å². The summed E-state index contributed by atoms with van der Waals surface area (Å²) in [5.41, 5.74) is 1.34. The van der Waals surface area contributed by atoms with Gasteiger partial charge in [-0.3, -0.25) is 0 Å². The van der Waals surface area contributed by atoms with Crippen molar-refractivity contribution in [2.24, 2.45) is 0 Å². The molecule has 1 N–H and O–H groups in total. The Hall–Kier alpha value is -0.180. The lowest BCUT2D eigenvalue weighted by atomic mass is 10.2. The molecule has 15 heavy (non-hydrogen) atoms. The molecule has 0 spiro atoms. The predicted octanol–water partition coefficient (Wildman–Crippen LogP) is 3.95. The summed E-state index contributed by atoms with van der Waals surface area (Å²) in [5, 5.41) is 4.01. The maximum absolute atomic E-state index is 6.00. The van der Waals surface area contributed by atoms with Gasteiger partial charge in [0, 0.05) is 16.5 Å². The smallest absolute Gasteiger partial charge is 0.0417 e. The molecular weight excluding hydrogens is 226 g/mol. The van der Waals surface area contributed by atoms with Crippen molar-refractivity contribution in [3.05, 3.63) is 28.8 Å². The Labute approximate surface area is 102 Å². The Bertz CT molecular complexity index is 302. The van der Waals surface area contributed by atoms with E-state index < -0.39 is 0 Å². The van der Waals surface area contributed by atoms with Gasteiger partial charge in [0.25, 0.3) is 0 Å². The minimum absolute atomic E-state index is 0.828. The SMILES string of the molecule is CCCCSc1cc(Cl)ccc1CNC. The van der Waals surface area contributed by atoms with Crippen LogP contribution in [0.5, 0.6) is 0 Å².